The van der Waals surface area contributed by atoms with Crippen LogP contribution < -0.4 is 14.6 Å². The van der Waals surface area contributed by atoms with E-state index in [9.17, 15) is 4.79 Å². The average molecular weight is 570 g/mol. The van der Waals surface area contributed by atoms with Gasteiger partial charge in [-0.25, -0.2) is 0 Å². The molecular weight excluding hydrogens is 524 g/mol. The molecule has 0 aliphatic heterocycles. The second kappa shape index (κ2) is 18.8. The number of nitrogens with one attached hydrogen (secondary N) is 1. The van der Waals surface area contributed by atoms with Crippen LogP contribution >= 0.6 is 22.9 Å². The number of anilines is 1. The number of thiazole rings is 1. The van der Waals surface area contributed by atoms with Gasteiger partial charge in [0.2, 0.25) is 5.51 Å². The van der Waals surface area contributed by atoms with E-state index in [-0.39, 0.29) is 5.91 Å². The standard InChI is InChI=1S/C33H45ClN2O2S/c1-2-3-4-5-6-7-8-9-10-11-12-13-14-15-23-38-30-20-21-31(32(34)25-30)33(37)35-29-18-16-28(17-19-29)26-36-22-24-39-27-36/h16-22,24-25,27H,2-15,23,26H2,1H3/p+1. The summed E-state index contributed by atoms with van der Waals surface area (Å²) >= 11 is 8.09. The molecule has 6 heteroatoms. The lowest BCUT2D eigenvalue weighted by Crippen LogP contribution is -2.30. The molecule has 4 nitrogen and oxygen atoms in total. The fourth-order valence-corrected chi connectivity index (χ4v) is 5.57. The van der Waals surface area contributed by atoms with Crippen LogP contribution in [0.3, 0.4) is 0 Å². The number of carbonyl (C=O) groups excluding carboxylic acids is 1. The molecule has 0 saturated heterocycles. The number of hydrogen-bond acceptors (Lipinski definition) is 3. The molecule has 39 heavy (non-hydrogen) atoms. The predicted molar refractivity (Wildman–Crippen MR) is 165 cm³/mol. The van der Waals surface area contributed by atoms with Crippen LogP contribution in [0.2, 0.25) is 5.02 Å². The van der Waals surface area contributed by atoms with Gasteiger partial charge in [0, 0.05) is 11.3 Å². The smallest absolute Gasteiger partial charge is 0.257 e. The van der Waals surface area contributed by atoms with E-state index in [1.54, 1.807) is 23.5 Å². The van der Waals surface area contributed by atoms with Crippen LogP contribution in [0.4, 0.5) is 5.69 Å². The first-order valence-corrected chi connectivity index (χ1v) is 16.2. The zero-order valence-electron chi connectivity index (χ0n) is 23.6. The van der Waals surface area contributed by atoms with E-state index in [4.69, 9.17) is 16.3 Å². The van der Waals surface area contributed by atoms with Gasteiger partial charge in [-0.05, 0) is 36.8 Å². The number of amides is 1. The van der Waals surface area contributed by atoms with Crippen LogP contribution in [0.15, 0.2) is 59.6 Å². The zero-order valence-corrected chi connectivity index (χ0v) is 25.2. The summed E-state index contributed by atoms with van der Waals surface area (Å²) in [5, 5.41) is 5.39. The first-order valence-electron chi connectivity index (χ1n) is 14.9. The van der Waals surface area contributed by atoms with Crippen LogP contribution in [0.25, 0.3) is 0 Å². The Labute approximate surface area is 244 Å². The third-order valence-electron chi connectivity index (χ3n) is 7.06. The van der Waals surface area contributed by atoms with Gasteiger partial charge in [-0.1, -0.05) is 125 Å². The minimum atomic E-state index is -0.224. The largest absolute Gasteiger partial charge is 0.494 e. The van der Waals surface area contributed by atoms with Gasteiger partial charge in [0.15, 0.2) is 12.7 Å². The molecule has 3 aromatic rings. The van der Waals surface area contributed by atoms with E-state index in [2.05, 4.69) is 33.9 Å². The molecule has 2 aromatic carbocycles. The second-order valence-corrected chi connectivity index (χ2v) is 11.6. The van der Waals surface area contributed by atoms with Gasteiger partial charge in [-0.15, -0.1) is 0 Å². The molecule has 0 aliphatic rings. The lowest BCUT2D eigenvalue weighted by molar-refractivity contribution is -0.683. The molecule has 212 valence electrons. The summed E-state index contributed by atoms with van der Waals surface area (Å²) in [7, 11) is 0. The molecule has 0 fully saturated rings. The lowest BCUT2D eigenvalue weighted by atomic mass is 10.0. The third kappa shape index (κ3) is 12.6. The van der Waals surface area contributed by atoms with E-state index < -0.39 is 0 Å². The fraction of sp³-hybridized carbons (Fsp3) is 0.515. The monoisotopic (exact) mass is 569 g/mol. The van der Waals surface area contributed by atoms with E-state index in [1.165, 1.54) is 89.0 Å². The van der Waals surface area contributed by atoms with Crippen molar-refractivity contribution in [1.29, 1.82) is 0 Å². The van der Waals surface area contributed by atoms with Crippen LogP contribution in [-0.2, 0) is 6.54 Å². The maximum absolute atomic E-state index is 12.8. The van der Waals surface area contributed by atoms with Crippen LogP contribution in [0, 0.1) is 0 Å². The highest BCUT2D eigenvalue weighted by molar-refractivity contribution is 7.07. The summed E-state index contributed by atoms with van der Waals surface area (Å²) in [5.74, 6) is 0.486. The van der Waals surface area contributed by atoms with Gasteiger partial charge in [0.25, 0.3) is 5.91 Å². The highest BCUT2D eigenvalue weighted by Crippen LogP contribution is 2.24. The molecule has 0 spiro atoms. The summed E-state index contributed by atoms with van der Waals surface area (Å²) in [4.78, 5) is 12.8. The summed E-state index contributed by atoms with van der Waals surface area (Å²) < 4.78 is 8.01. The van der Waals surface area contributed by atoms with Gasteiger partial charge in [-0.2, -0.15) is 4.57 Å². The minimum Gasteiger partial charge on any atom is -0.494 e. The molecule has 0 unspecified atom stereocenters. The molecule has 0 atom stereocenters. The van der Waals surface area contributed by atoms with Crippen molar-refractivity contribution in [1.82, 2.24) is 0 Å². The topological polar surface area (TPSA) is 42.2 Å². The molecule has 1 amide bonds. The number of rotatable bonds is 20. The minimum absolute atomic E-state index is 0.224. The summed E-state index contributed by atoms with van der Waals surface area (Å²) in [5.41, 5.74) is 4.44. The Balaban J connectivity index is 1.25. The van der Waals surface area contributed by atoms with Crippen molar-refractivity contribution >= 4 is 34.5 Å². The molecule has 3 rings (SSSR count). The van der Waals surface area contributed by atoms with Gasteiger partial charge in [-0.3, -0.25) is 4.79 Å². The average Bonchev–Trinajstić information content (AvgIpc) is 3.45. The first kappa shape index (κ1) is 31.2. The number of unbranched alkanes of at least 4 members (excludes halogenated alkanes) is 13. The van der Waals surface area contributed by atoms with Crippen molar-refractivity contribution in [3.05, 3.63) is 75.7 Å². The SMILES string of the molecule is CCCCCCCCCCCCCCCCOc1ccc(C(=O)Nc2ccc(C[n+]3ccsc3)cc2)c(Cl)c1. The summed E-state index contributed by atoms with van der Waals surface area (Å²) in [6.07, 6.45) is 20.8. The first-order chi connectivity index (χ1) is 19.2. The number of carbonyl (C=O) groups is 1. The molecule has 0 bridgehead atoms. The van der Waals surface area contributed by atoms with Gasteiger partial charge < -0.3 is 10.1 Å². The Hall–Kier alpha value is -2.37. The van der Waals surface area contributed by atoms with Crippen LogP contribution in [0.1, 0.15) is 113 Å². The third-order valence-corrected chi connectivity index (χ3v) is 8.04. The molecule has 0 radical (unpaired) electrons. The number of aromatic nitrogens is 1. The number of ether oxygens (including phenoxy) is 1. The maximum atomic E-state index is 12.8. The zero-order chi connectivity index (χ0) is 27.5. The van der Waals surface area contributed by atoms with Gasteiger partial charge in [0.1, 0.15) is 5.75 Å². The van der Waals surface area contributed by atoms with Crippen LogP contribution in [0.5, 0.6) is 5.75 Å². The molecule has 1 heterocycles. The lowest BCUT2D eigenvalue weighted by Gasteiger charge is -2.10. The maximum Gasteiger partial charge on any atom is 0.257 e. The second-order valence-electron chi connectivity index (χ2n) is 10.4. The van der Waals surface area contributed by atoms with E-state index >= 15 is 0 Å². The van der Waals surface area contributed by atoms with Crippen molar-refractivity contribution in [3.8, 4) is 5.75 Å². The Morgan fingerprint density at radius 3 is 2.03 bits per heavy atom. The quantitative estimate of drug-likeness (QED) is 0.109. The summed E-state index contributed by atoms with van der Waals surface area (Å²) in [6.45, 7) is 3.76. The normalized spacial score (nSPS) is 11.0. The van der Waals surface area contributed by atoms with Crippen molar-refractivity contribution in [3.63, 3.8) is 0 Å². The Morgan fingerprint density at radius 1 is 0.846 bits per heavy atom. The molecule has 0 saturated carbocycles. The van der Waals surface area contributed by atoms with Crippen molar-refractivity contribution in [2.75, 3.05) is 11.9 Å². The molecule has 1 aromatic heterocycles. The van der Waals surface area contributed by atoms with Crippen LogP contribution in [-0.4, -0.2) is 12.5 Å². The Morgan fingerprint density at radius 2 is 1.46 bits per heavy atom. The van der Waals surface area contributed by atoms with E-state index in [0.29, 0.717) is 22.9 Å². The molecular formula is C33H46ClN2O2S+. The van der Waals surface area contributed by atoms with Crippen molar-refractivity contribution in [2.45, 2.75) is 103 Å². The number of halogens is 1. The number of hydrogen-bond donors (Lipinski definition) is 1. The molecule has 1 N–H and O–H groups in total. The van der Waals surface area contributed by atoms with Crippen molar-refractivity contribution in [2.24, 2.45) is 0 Å². The molecule has 0 aliphatic carbocycles. The predicted octanol–water partition coefficient (Wildman–Crippen LogP) is 9.85. The van der Waals surface area contributed by atoms with Gasteiger partial charge in [0.05, 0.1) is 22.6 Å². The Bertz CT molecular complexity index is 1070. The highest BCUT2D eigenvalue weighted by atomic mass is 35.5. The Kier molecular flexibility index (Phi) is 15.0. The van der Waals surface area contributed by atoms with E-state index in [1.807, 2.05) is 30.3 Å². The number of benzene rings is 2. The van der Waals surface area contributed by atoms with Gasteiger partial charge >= 0.3 is 0 Å². The highest BCUT2D eigenvalue weighted by Gasteiger charge is 2.12. The van der Waals surface area contributed by atoms with Crippen molar-refractivity contribution < 1.29 is 14.1 Å². The number of nitrogens with zero attached hydrogens (tertiary/aromatic N) is 1. The fourth-order valence-electron chi connectivity index (χ4n) is 4.71. The van der Waals surface area contributed by atoms with E-state index in [0.717, 1.165) is 18.7 Å². The summed E-state index contributed by atoms with van der Waals surface area (Å²) in [6, 6.07) is 13.2.